The molecular formula is C14H24N4. The van der Waals surface area contributed by atoms with Gasteiger partial charge in [0.05, 0.1) is 0 Å². The van der Waals surface area contributed by atoms with E-state index in [1.165, 1.54) is 45.1 Å². The van der Waals surface area contributed by atoms with Gasteiger partial charge in [-0.15, -0.1) is 0 Å². The lowest BCUT2D eigenvalue weighted by Gasteiger charge is -2.25. The van der Waals surface area contributed by atoms with Gasteiger partial charge < -0.3 is 14.8 Å². The molecule has 0 aromatic carbocycles. The van der Waals surface area contributed by atoms with E-state index in [0.29, 0.717) is 12.1 Å². The summed E-state index contributed by atoms with van der Waals surface area (Å²) in [4.78, 5) is 6.89. The highest BCUT2D eigenvalue weighted by molar-refractivity contribution is 5.29. The summed E-state index contributed by atoms with van der Waals surface area (Å²) in [5.41, 5.74) is 0. The van der Waals surface area contributed by atoms with Crippen LogP contribution in [0.3, 0.4) is 0 Å². The molecule has 18 heavy (non-hydrogen) atoms. The van der Waals surface area contributed by atoms with Gasteiger partial charge in [0.25, 0.3) is 0 Å². The van der Waals surface area contributed by atoms with Crippen molar-refractivity contribution in [1.82, 2.24) is 14.5 Å². The number of rotatable bonds is 3. The Balaban J connectivity index is 1.67. The molecule has 100 valence electrons. The maximum atomic E-state index is 4.51. The summed E-state index contributed by atoms with van der Waals surface area (Å²) in [5.74, 6) is 1.09. The average molecular weight is 248 g/mol. The van der Waals surface area contributed by atoms with Crippen molar-refractivity contribution in [3.05, 3.63) is 12.4 Å². The highest BCUT2D eigenvalue weighted by Crippen LogP contribution is 2.30. The van der Waals surface area contributed by atoms with Gasteiger partial charge in [0.15, 0.2) is 0 Å². The molecule has 2 fully saturated rings. The molecular weight excluding hydrogens is 224 g/mol. The second kappa shape index (κ2) is 5.31. The van der Waals surface area contributed by atoms with Crippen LogP contribution in [-0.4, -0.2) is 40.6 Å². The Bertz CT molecular complexity index is 381. The summed E-state index contributed by atoms with van der Waals surface area (Å²) in [6, 6.07) is 1.24. The lowest BCUT2D eigenvalue weighted by atomic mass is 9.95. The first-order chi connectivity index (χ1) is 8.83. The summed E-state index contributed by atoms with van der Waals surface area (Å²) in [7, 11) is 2.19. The number of hydrogen-bond donors (Lipinski definition) is 1. The number of aromatic nitrogens is 2. The lowest BCUT2D eigenvalue weighted by Crippen LogP contribution is -2.26. The van der Waals surface area contributed by atoms with E-state index in [9.17, 15) is 0 Å². The molecule has 0 radical (unpaired) electrons. The fourth-order valence-electron chi connectivity index (χ4n) is 3.31. The van der Waals surface area contributed by atoms with Crippen molar-refractivity contribution in [2.45, 2.75) is 50.6 Å². The molecule has 1 saturated carbocycles. The molecule has 1 aliphatic heterocycles. The number of likely N-dealkylation sites (N-methyl/N-ethyl adjacent to an activating group) is 1. The van der Waals surface area contributed by atoms with E-state index >= 15 is 0 Å². The van der Waals surface area contributed by atoms with Crippen molar-refractivity contribution in [2.75, 3.05) is 25.5 Å². The van der Waals surface area contributed by atoms with Gasteiger partial charge in [-0.3, -0.25) is 0 Å². The Morgan fingerprint density at radius 3 is 2.78 bits per heavy atom. The van der Waals surface area contributed by atoms with Gasteiger partial charge in [0, 0.05) is 31.0 Å². The van der Waals surface area contributed by atoms with E-state index in [-0.39, 0.29) is 0 Å². The van der Waals surface area contributed by atoms with E-state index in [4.69, 9.17) is 0 Å². The van der Waals surface area contributed by atoms with Crippen LogP contribution in [-0.2, 0) is 0 Å². The second-order valence-electron chi connectivity index (χ2n) is 5.84. The molecule has 0 bridgehead atoms. The van der Waals surface area contributed by atoms with Crippen LogP contribution in [0.15, 0.2) is 12.4 Å². The van der Waals surface area contributed by atoms with Crippen molar-refractivity contribution in [1.29, 1.82) is 0 Å². The van der Waals surface area contributed by atoms with Gasteiger partial charge in [0.2, 0.25) is 5.95 Å². The van der Waals surface area contributed by atoms with Crippen LogP contribution in [0.25, 0.3) is 0 Å². The summed E-state index contributed by atoms with van der Waals surface area (Å²) in [6.07, 6.45) is 12.1. The minimum Gasteiger partial charge on any atom is -0.352 e. The van der Waals surface area contributed by atoms with Crippen LogP contribution in [0.5, 0.6) is 0 Å². The van der Waals surface area contributed by atoms with Crippen molar-refractivity contribution in [3.63, 3.8) is 0 Å². The van der Waals surface area contributed by atoms with E-state index in [2.05, 4.69) is 33.0 Å². The smallest absolute Gasteiger partial charge is 0.203 e. The minimum absolute atomic E-state index is 0.569. The van der Waals surface area contributed by atoms with E-state index in [1.54, 1.807) is 0 Å². The third-order valence-electron chi connectivity index (χ3n) is 4.36. The van der Waals surface area contributed by atoms with Crippen molar-refractivity contribution in [3.8, 4) is 0 Å². The quantitative estimate of drug-likeness (QED) is 0.892. The average Bonchev–Trinajstić information content (AvgIpc) is 3.00. The largest absolute Gasteiger partial charge is 0.352 e. The first-order valence-corrected chi connectivity index (χ1v) is 7.31. The zero-order chi connectivity index (χ0) is 12.4. The number of likely N-dealkylation sites (tertiary alicyclic amines) is 1. The van der Waals surface area contributed by atoms with Crippen molar-refractivity contribution >= 4 is 5.95 Å². The first-order valence-electron chi connectivity index (χ1n) is 7.31. The van der Waals surface area contributed by atoms with Crippen LogP contribution in [0.2, 0.25) is 0 Å². The highest BCUT2D eigenvalue weighted by Gasteiger charge is 2.22. The van der Waals surface area contributed by atoms with Gasteiger partial charge in [-0.05, 0) is 32.9 Å². The Morgan fingerprint density at radius 1 is 1.22 bits per heavy atom. The number of anilines is 1. The third kappa shape index (κ3) is 2.53. The zero-order valence-electron chi connectivity index (χ0n) is 11.3. The van der Waals surface area contributed by atoms with E-state index in [1.807, 2.05) is 6.20 Å². The van der Waals surface area contributed by atoms with Gasteiger partial charge in [0.1, 0.15) is 0 Å². The number of nitrogens with one attached hydrogen (secondary N) is 1. The number of hydrogen-bond acceptors (Lipinski definition) is 3. The van der Waals surface area contributed by atoms with Crippen LogP contribution < -0.4 is 5.32 Å². The molecule has 0 amide bonds. The number of nitrogens with zero attached hydrogens (tertiary/aromatic N) is 3. The fourth-order valence-corrected chi connectivity index (χ4v) is 3.31. The predicted molar refractivity (Wildman–Crippen MR) is 73.9 cm³/mol. The van der Waals surface area contributed by atoms with Gasteiger partial charge >= 0.3 is 0 Å². The summed E-state index contributed by atoms with van der Waals surface area (Å²) in [6.45, 7) is 2.33. The highest BCUT2D eigenvalue weighted by atomic mass is 15.3. The summed E-state index contributed by atoms with van der Waals surface area (Å²) in [5, 5.41) is 3.63. The summed E-state index contributed by atoms with van der Waals surface area (Å²) < 4.78 is 2.37. The van der Waals surface area contributed by atoms with Crippen LogP contribution in [0, 0.1) is 0 Å². The van der Waals surface area contributed by atoms with Crippen molar-refractivity contribution in [2.24, 2.45) is 0 Å². The molecule has 4 heteroatoms. The molecule has 1 saturated heterocycles. The van der Waals surface area contributed by atoms with E-state index in [0.717, 1.165) is 12.5 Å². The molecule has 1 N–H and O–H groups in total. The molecule has 1 atom stereocenters. The fraction of sp³-hybridized carbons (Fsp3) is 0.786. The van der Waals surface area contributed by atoms with Crippen LogP contribution >= 0.6 is 0 Å². The van der Waals surface area contributed by atoms with Crippen molar-refractivity contribution < 1.29 is 0 Å². The van der Waals surface area contributed by atoms with E-state index < -0.39 is 0 Å². The predicted octanol–water partition coefficient (Wildman–Crippen LogP) is 2.50. The maximum absolute atomic E-state index is 4.51. The molecule has 2 heterocycles. The summed E-state index contributed by atoms with van der Waals surface area (Å²) >= 11 is 0. The third-order valence-corrected chi connectivity index (χ3v) is 4.36. The van der Waals surface area contributed by atoms with Crippen LogP contribution in [0.4, 0.5) is 5.95 Å². The minimum atomic E-state index is 0.569. The Morgan fingerprint density at radius 2 is 2.06 bits per heavy atom. The maximum Gasteiger partial charge on any atom is 0.203 e. The topological polar surface area (TPSA) is 33.1 Å². The number of imidazole rings is 1. The monoisotopic (exact) mass is 248 g/mol. The molecule has 4 nitrogen and oxygen atoms in total. The Kier molecular flexibility index (Phi) is 3.55. The Labute approximate surface area is 109 Å². The molecule has 1 unspecified atom stereocenters. The zero-order valence-corrected chi connectivity index (χ0v) is 11.3. The molecule has 0 spiro atoms. The molecule has 2 aliphatic rings. The van der Waals surface area contributed by atoms with Gasteiger partial charge in [-0.25, -0.2) is 4.98 Å². The van der Waals surface area contributed by atoms with Crippen LogP contribution in [0.1, 0.15) is 44.6 Å². The normalized spacial score (nSPS) is 26.6. The van der Waals surface area contributed by atoms with Gasteiger partial charge in [-0.1, -0.05) is 19.3 Å². The molecule has 1 aromatic heterocycles. The van der Waals surface area contributed by atoms with Gasteiger partial charge in [-0.2, -0.15) is 0 Å². The molecule has 1 aliphatic carbocycles. The lowest BCUT2D eigenvalue weighted by molar-refractivity contribution is 0.355. The SMILES string of the molecule is CN1CCC(Nc2nccn2C2CCCCC2)C1. The molecule has 3 rings (SSSR count). The Hall–Kier alpha value is -1.03. The second-order valence-corrected chi connectivity index (χ2v) is 5.84. The molecule has 1 aromatic rings. The first kappa shape index (κ1) is 12.0. The standard InChI is InChI=1S/C14H24N4/c1-17-9-7-12(11-17)16-14-15-8-10-18(14)13-5-3-2-4-6-13/h8,10,12-13H,2-7,9,11H2,1H3,(H,15,16).